The summed E-state index contributed by atoms with van der Waals surface area (Å²) in [5, 5.41) is 19.8. The van der Waals surface area contributed by atoms with E-state index in [0.717, 1.165) is 16.7 Å². The Labute approximate surface area is 198 Å². The summed E-state index contributed by atoms with van der Waals surface area (Å²) in [6.45, 7) is -0.222. The van der Waals surface area contributed by atoms with Crippen LogP contribution in [0.15, 0.2) is 72.9 Å². The fraction of sp³-hybridized carbons (Fsp3) is 0.259. The van der Waals surface area contributed by atoms with E-state index >= 15 is 0 Å². The molecule has 0 spiro atoms. The maximum atomic E-state index is 12.9. The summed E-state index contributed by atoms with van der Waals surface area (Å²) in [6.07, 6.45) is 1.72. The fourth-order valence-electron chi connectivity index (χ4n) is 4.46. The second-order valence-corrected chi connectivity index (χ2v) is 8.55. The third-order valence-corrected chi connectivity index (χ3v) is 6.24. The lowest BCUT2D eigenvalue weighted by atomic mass is 9.75. The summed E-state index contributed by atoms with van der Waals surface area (Å²) in [6, 6.07) is 21.7. The van der Waals surface area contributed by atoms with Gasteiger partial charge in [0.05, 0.1) is 25.1 Å². The Kier molecular flexibility index (Phi) is 6.71. The number of aliphatic hydroxyl groups is 1. The molecule has 1 saturated heterocycles. The van der Waals surface area contributed by atoms with Gasteiger partial charge in [-0.05, 0) is 41.0 Å². The Balaban J connectivity index is 1.50. The van der Waals surface area contributed by atoms with Crippen molar-refractivity contribution in [3.63, 3.8) is 0 Å². The zero-order chi connectivity index (χ0) is 24.2. The minimum Gasteiger partial charge on any atom is -0.394 e. The molecule has 4 rings (SSSR count). The van der Waals surface area contributed by atoms with E-state index in [1.165, 1.54) is 9.80 Å². The maximum absolute atomic E-state index is 12.9. The van der Waals surface area contributed by atoms with Gasteiger partial charge in [-0.25, -0.2) is 0 Å². The van der Waals surface area contributed by atoms with Crippen LogP contribution in [0, 0.1) is 11.3 Å². The van der Waals surface area contributed by atoms with Crippen LogP contribution in [0.2, 0.25) is 0 Å². The first-order valence-electron chi connectivity index (χ1n) is 11.1. The van der Waals surface area contributed by atoms with Crippen molar-refractivity contribution >= 4 is 11.8 Å². The van der Waals surface area contributed by atoms with Gasteiger partial charge in [0.25, 0.3) is 5.91 Å². The highest BCUT2D eigenvalue weighted by Crippen LogP contribution is 2.41. The van der Waals surface area contributed by atoms with E-state index < -0.39 is 12.1 Å². The Bertz CT molecular complexity index is 1200. The monoisotopic (exact) mass is 454 g/mol. The number of aliphatic hydroxyl groups excluding tert-OH is 1. The van der Waals surface area contributed by atoms with Crippen LogP contribution in [0.3, 0.4) is 0 Å². The molecule has 0 unspecified atom stereocenters. The highest BCUT2D eigenvalue weighted by molar-refractivity contribution is 5.94. The second-order valence-electron chi connectivity index (χ2n) is 8.55. The average Bonchev–Trinajstić information content (AvgIpc) is 2.84. The summed E-state index contributed by atoms with van der Waals surface area (Å²) in [7, 11) is 3.44. The SMILES string of the molecule is CN(C)C(=O)c1ccc(-c2ccc([C@@H]3[C@H](C#N)N(C(=O)Cc4ccccn4)[C@H]3CO)cc2)cc1. The minimum absolute atomic E-state index is 0.0494. The van der Waals surface area contributed by atoms with Crippen LogP contribution in [-0.2, 0) is 11.2 Å². The lowest BCUT2D eigenvalue weighted by Gasteiger charge is -2.51. The van der Waals surface area contributed by atoms with Crippen LogP contribution >= 0.6 is 0 Å². The number of carbonyl (C=O) groups is 2. The molecular weight excluding hydrogens is 428 g/mol. The normalized spacial score (nSPS) is 19.1. The number of nitrogens with zero attached hydrogens (tertiary/aromatic N) is 4. The van der Waals surface area contributed by atoms with Crippen molar-refractivity contribution in [2.75, 3.05) is 20.7 Å². The Morgan fingerprint density at radius 3 is 2.21 bits per heavy atom. The van der Waals surface area contributed by atoms with Crippen LogP contribution in [0.4, 0.5) is 0 Å². The number of rotatable bonds is 6. The summed E-state index contributed by atoms with van der Waals surface area (Å²) in [4.78, 5) is 32.2. The molecule has 3 aromatic rings. The zero-order valence-electron chi connectivity index (χ0n) is 19.1. The number of carbonyl (C=O) groups excluding carboxylic acids is 2. The van der Waals surface area contributed by atoms with Crippen molar-refractivity contribution in [2.45, 2.75) is 24.4 Å². The highest BCUT2D eigenvalue weighted by Gasteiger charge is 2.51. The second kappa shape index (κ2) is 9.86. The molecule has 2 aromatic carbocycles. The van der Waals surface area contributed by atoms with E-state index in [-0.39, 0.29) is 30.8 Å². The number of hydrogen-bond acceptors (Lipinski definition) is 5. The molecule has 1 aliphatic heterocycles. The van der Waals surface area contributed by atoms with Gasteiger partial charge in [-0.2, -0.15) is 5.26 Å². The van der Waals surface area contributed by atoms with Gasteiger partial charge in [0.1, 0.15) is 6.04 Å². The third-order valence-electron chi connectivity index (χ3n) is 6.24. The molecule has 1 aromatic heterocycles. The van der Waals surface area contributed by atoms with Crippen molar-refractivity contribution < 1.29 is 14.7 Å². The van der Waals surface area contributed by atoms with Crippen molar-refractivity contribution in [1.82, 2.24) is 14.8 Å². The first kappa shape index (κ1) is 23.1. The van der Waals surface area contributed by atoms with Crippen molar-refractivity contribution in [2.24, 2.45) is 0 Å². The maximum Gasteiger partial charge on any atom is 0.253 e. The van der Waals surface area contributed by atoms with E-state index in [9.17, 15) is 20.0 Å². The standard InChI is InChI=1S/C27H26N4O3/c1-30(2)27(34)21-12-8-19(9-13-21)18-6-10-20(11-7-18)26-23(16-28)31(24(26)17-32)25(33)15-22-5-3-4-14-29-22/h3-14,23-24,26,32H,15,17H2,1-2H3/t23-,24-,26+/m0/s1. The largest absolute Gasteiger partial charge is 0.394 e. The highest BCUT2D eigenvalue weighted by atomic mass is 16.3. The molecule has 1 N–H and O–H groups in total. The van der Waals surface area contributed by atoms with Crippen LogP contribution in [0.5, 0.6) is 0 Å². The zero-order valence-corrected chi connectivity index (χ0v) is 19.1. The van der Waals surface area contributed by atoms with Gasteiger partial charge in [0.15, 0.2) is 0 Å². The van der Waals surface area contributed by atoms with Gasteiger partial charge in [-0.1, -0.05) is 42.5 Å². The van der Waals surface area contributed by atoms with Crippen molar-refractivity contribution in [3.8, 4) is 17.2 Å². The predicted octanol–water partition coefficient (Wildman–Crippen LogP) is 2.87. The Hall–Kier alpha value is -4.02. The van der Waals surface area contributed by atoms with Crippen LogP contribution in [0.1, 0.15) is 27.5 Å². The number of aromatic nitrogens is 1. The number of likely N-dealkylation sites (tertiary alicyclic amines) is 1. The Morgan fingerprint density at radius 1 is 1.03 bits per heavy atom. The van der Waals surface area contributed by atoms with Crippen LogP contribution in [-0.4, -0.2) is 64.5 Å². The number of nitriles is 1. The van der Waals surface area contributed by atoms with E-state index in [0.29, 0.717) is 11.3 Å². The molecule has 0 radical (unpaired) electrons. The molecule has 7 nitrogen and oxygen atoms in total. The minimum atomic E-state index is -0.643. The number of amides is 2. The van der Waals surface area contributed by atoms with E-state index in [1.807, 2.05) is 42.5 Å². The molecule has 2 heterocycles. The van der Waals surface area contributed by atoms with Crippen molar-refractivity contribution in [3.05, 3.63) is 89.7 Å². The molecular formula is C27H26N4O3. The molecule has 1 aliphatic rings. The molecule has 0 aliphatic carbocycles. The smallest absolute Gasteiger partial charge is 0.253 e. The number of pyridine rings is 1. The Morgan fingerprint density at radius 2 is 1.68 bits per heavy atom. The van der Waals surface area contributed by atoms with E-state index in [1.54, 1.807) is 44.6 Å². The van der Waals surface area contributed by atoms with Crippen molar-refractivity contribution in [1.29, 1.82) is 5.26 Å². The van der Waals surface area contributed by atoms with E-state index in [4.69, 9.17) is 0 Å². The fourth-order valence-corrected chi connectivity index (χ4v) is 4.46. The molecule has 0 saturated carbocycles. The topological polar surface area (TPSA) is 97.5 Å². The predicted molar refractivity (Wildman–Crippen MR) is 128 cm³/mol. The molecule has 7 heteroatoms. The summed E-state index contributed by atoms with van der Waals surface area (Å²) >= 11 is 0. The first-order chi connectivity index (χ1) is 16.4. The molecule has 1 fully saturated rings. The molecule has 2 amide bonds. The third kappa shape index (κ3) is 4.41. The lowest BCUT2D eigenvalue weighted by molar-refractivity contribution is -0.146. The molecule has 0 bridgehead atoms. The number of benzene rings is 2. The first-order valence-corrected chi connectivity index (χ1v) is 11.1. The molecule has 3 atom stereocenters. The van der Waals surface area contributed by atoms with Gasteiger partial charge in [-0.15, -0.1) is 0 Å². The average molecular weight is 455 g/mol. The van der Waals surface area contributed by atoms with Crippen LogP contribution in [0.25, 0.3) is 11.1 Å². The van der Waals surface area contributed by atoms with Gasteiger partial charge >= 0.3 is 0 Å². The molecule has 34 heavy (non-hydrogen) atoms. The quantitative estimate of drug-likeness (QED) is 0.618. The van der Waals surface area contributed by atoms with Gasteiger partial charge in [0.2, 0.25) is 5.91 Å². The van der Waals surface area contributed by atoms with Crippen LogP contribution < -0.4 is 0 Å². The van der Waals surface area contributed by atoms with Gasteiger partial charge < -0.3 is 14.9 Å². The number of hydrogen-bond donors (Lipinski definition) is 1. The summed E-state index contributed by atoms with van der Waals surface area (Å²) in [5.74, 6) is -0.534. The summed E-state index contributed by atoms with van der Waals surface area (Å²) < 4.78 is 0. The lowest BCUT2D eigenvalue weighted by Crippen LogP contribution is -2.65. The van der Waals surface area contributed by atoms with Gasteiger partial charge in [0, 0.05) is 37.5 Å². The van der Waals surface area contributed by atoms with E-state index in [2.05, 4.69) is 11.1 Å². The van der Waals surface area contributed by atoms with Gasteiger partial charge in [-0.3, -0.25) is 14.6 Å². The molecule has 172 valence electrons. The summed E-state index contributed by atoms with van der Waals surface area (Å²) in [5.41, 5.74) is 4.10.